The zero-order valence-corrected chi connectivity index (χ0v) is 16.3. The van der Waals surface area contributed by atoms with Gasteiger partial charge < -0.3 is 20.1 Å². The molecule has 0 bridgehead atoms. The summed E-state index contributed by atoms with van der Waals surface area (Å²) in [5, 5.41) is 4.20. The van der Waals surface area contributed by atoms with E-state index in [1.54, 1.807) is 0 Å². The number of benzene rings is 1. The molecule has 1 amide bonds. The lowest BCUT2D eigenvalue weighted by molar-refractivity contribution is -0.121. The van der Waals surface area contributed by atoms with Gasteiger partial charge in [0.25, 0.3) is 0 Å². The Morgan fingerprint density at radius 1 is 1.14 bits per heavy atom. The fourth-order valence-corrected chi connectivity index (χ4v) is 3.62. The van der Waals surface area contributed by atoms with Gasteiger partial charge in [-0.05, 0) is 36.7 Å². The van der Waals surface area contributed by atoms with Crippen molar-refractivity contribution in [2.75, 3.05) is 38.1 Å². The van der Waals surface area contributed by atoms with Crippen molar-refractivity contribution < 1.29 is 4.79 Å². The van der Waals surface area contributed by atoms with Crippen molar-refractivity contribution in [3.8, 4) is 0 Å². The third-order valence-electron chi connectivity index (χ3n) is 5.42. The highest BCUT2D eigenvalue weighted by Gasteiger charge is 2.15. The standard InChI is InChI=1S/C22H27N5O/c1-26-10-12-27(13-11-26)21-8-6-17(14-24-21)15-25-22(28)9-7-18-16-23-20-5-3-2-4-19(18)20/h2-6,8,14,16,23H,7,9-13,15H2,1H3,(H,25,28). The molecule has 4 rings (SSSR count). The van der Waals surface area contributed by atoms with Crippen molar-refractivity contribution in [3.63, 3.8) is 0 Å². The van der Waals surface area contributed by atoms with Crippen LogP contribution in [0.2, 0.25) is 0 Å². The summed E-state index contributed by atoms with van der Waals surface area (Å²) in [6.07, 6.45) is 5.08. The Morgan fingerprint density at radius 2 is 1.96 bits per heavy atom. The second-order valence-corrected chi connectivity index (χ2v) is 7.45. The summed E-state index contributed by atoms with van der Waals surface area (Å²) in [7, 11) is 2.15. The highest BCUT2D eigenvalue weighted by molar-refractivity contribution is 5.84. The van der Waals surface area contributed by atoms with E-state index in [4.69, 9.17) is 0 Å². The van der Waals surface area contributed by atoms with Gasteiger partial charge in [-0.15, -0.1) is 0 Å². The number of likely N-dealkylation sites (N-methyl/N-ethyl adjacent to an activating group) is 1. The molecule has 1 aliphatic rings. The molecule has 1 fully saturated rings. The Bertz CT molecular complexity index is 926. The van der Waals surface area contributed by atoms with Crippen LogP contribution in [0.3, 0.4) is 0 Å². The van der Waals surface area contributed by atoms with Crippen LogP contribution in [0.4, 0.5) is 5.82 Å². The number of anilines is 1. The Hall–Kier alpha value is -2.86. The molecule has 1 aliphatic heterocycles. The van der Waals surface area contributed by atoms with Crippen molar-refractivity contribution in [1.29, 1.82) is 0 Å². The summed E-state index contributed by atoms with van der Waals surface area (Å²) >= 11 is 0. The molecule has 0 unspecified atom stereocenters. The molecule has 0 radical (unpaired) electrons. The summed E-state index contributed by atoms with van der Waals surface area (Å²) < 4.78 is 0. The lowest BCUT2D eigenvalue weighted by Crippen LogP contribution is -2.44. The van der Waals surface area contributed by atoms with Gasteiger partial charge >= 0.3 is 0 Å². The minimum Gasteiger partial charge on any atom is -0.361 e. The zero-order chi connectivity index (χ0) is 19.3. The highest BCUT2D eigenvalue weighted by Crippen LogP contribution is 2.19. The fourth-order valence-electron chi connectivity index (χ4n) is 3.62. The van der Waals surface area contributed by atoms with E-state index >= 15 is 0 Å². The van der Waals surface area contributed by atoms with Crippen LogP contribution in [0.1, 0.15) is 17.5 Å². The van der Waals surface area contributed by atoms with Crippen molar-refractivity contribution in [2.24, 2.45) is 0 Å². The quantitative estimate of drug-likeness (QED) is 0.693. The molecule has 3 heterocycles. The number of piperazine rings is 1. The number of aromatic amines is 1. The highest BCUT2D eigenvalue weighted by atomic mass is 16.1. The van der Waals surface area contributed by atoms with E-state index in [2.05, 4.69) is 56.4 Å². The number of nitrogens with one attached hydrogen (secondary N) is 2. The third kappa shape index (κ3) is 4.34. The van der Waals surface area contributed by atoms with E-state index in [0.717, 1.165) is 49.5 Å². The molecule has 6 heteroatoms. The molecule has 0 spiro atoms. The van der Waals surface area contributed by atoms with Gasteiger partial charge in [0.1, 0.15) is 5.82 Å². The smallest absolute Gasteiger partial charge is 0.220 e. The van der Waals surface area contributed by atoms with Crippen molar-refractivity contribution in [3.05, 3.63) is 59.9 Å². The van der Waals surface area contributed by atoms with Crippen LogP contribution in [0.5, 0.6) is 0 Å². The molecule has 2 aromatic heterocycles. The van der Waals surface area contributed by atoms with Gasteiger partial charge in [-0.25, -0.2) is 4.98 Å². The number of H-pyrrole nitrogens is 1. The molecule has 6 nitrogen and oxygen atoms in total. The third-order valence-corrected chi connectivity index (χ3v) is 5.42. The lowest BCUT2D eigenvalue weighted by Gasteiger charge is -2.33. The average molecular weight is 377 g/mol. The largest absolute Gasteiger partial charge is 0.361 e. The molecule has 146 valence electrons. The van der Waals surface area contributed by atoms with Gasteiger partial charge in [0, 0.05) is 62.4 Å². The summed E-state index contributed by atoms with van der Waals surface area (Å²) in [4.78, 5) is 24.7. The number of aryl methyl sites for hydroxylation is 1. The Labute approximate surface area is 165 Å². The summed E-state index contributed by atoms with van der Waals surface area (Å²) in [6.45, 7) is 4.66. The Kier molecular flexibility index (Phi) is 5.58. The first-order chi connectivity index (χ1) is 13.7. The summed E-state index contributed by atoms with van der Waals surface area (Å²) in [5.74, 6) is 1.08. The van der Waals surface area contributed by atoms with Crippen LogP contribution in [-0.2, 0) is 17.8 Å². The van der Waals surface area contributed by atoms with Gasteiger partial charge in [-0.1, -0.05) is 24.3 Å². The van der Waals surface area contributed by atoms with Gasteiger partial charge in [0.15, 0.2) is 0 Å². The number of hydrogen-bond acceptors (Lipinski definition) is 4. The molecule has 1 aromatic carbocycles. The lowest BCUT2D eigenvalue weighted by atomic mass is 10.1. The SMILES string of the molecule is CN1CCN(c2ccc(CNC(=O)CCc3c[nH]c4ccccc34)cn2)CC1. The van der Waals surface area contributed by atoms with E-state index in [0.29, 0.717) is 13.0 Å². The van der Waals surface area contributed by atoms with Crippen molar-refractivity contribution >= 4 is 22.6 Å². The minimum absolute atomic E-state index is 0.0634. The number of hydrogen-bond donors (Lipinski definition) is 2. The van der Waals surface area contributed by atoms with Crippen molar-refractivity contribution in [2.45, 2.75) is 19.4 Å². The van der Waals surface area contributed by atoms with Crippen LogP contribution in [-0.4, -0.2) is 54.0 Å². The van der Waals surface area contributed by atoms with Crippen LogP contribution >= 0.6 is 0 Å². The van der Waals surface area contributed by atoms with E-state index in [-0.39, 0.29) is 5.91 Å². The minimum atomic E-state index is 0.0634. The number of pyridine rings is 1. The van der Waals surface area contributed by atoms with Crippen LogP contribution in [0.15, 0.2) is 48.8 Å². The predicted octanol–water partition coefficient (Wildman–Crippen LogP) is 2.56. The maximum absolute atomic E-state index is 12.2. The second-order valence-electron chi connectivity index (χ2n) is 7.45. The van der Waals surface area contributed by atoms with Crippen LogP contribution in [0, 0.1) is 0 Å². The number of carbonyl (C=O) groups is 1. The number of amides is 1. The van der Waals surface area contributed by atoms with Crippen LogP contribution < -0.4 is 10.2 Å². The van der Waals surface area contributed by atoms with E-state index in [1.807, 2.05) is 24.5 Å². The Morgan fingerprint density at radius 3 is 2.75 bits per heavy atom. The molecule has 0 saturated carbocycles. The number of nitrogens with zero attached hydrogens (tertiary/aromatic N) is 3. The van der Waals surface area contributed by atoms with E-state index in [9.17, 15) is 4.79 Å². The first kappa shape index (κ1) is 18.5. The number of para-hydroxylation sites is 1. The number of fused-ring (bicyclic) bond motifs is 1. The Balaban J connectivity index is 1.25. The first-order valence-corrected chi connectivity index (χ1v) is 9.89. The van der Waals surface area contributed by atoms with Gasteiger partial charge in [0.05, 0.1) is 0 Å². The summed E-state index contributed by atoms with van der Waals surface area (Å²) in [5.41, 5.74) is 3.33. The predicted molar refractivity (Wildman–Crippen MR) is 112 cm³/mol. The fraction of sp³-hybridized carbons (Fsp3) is 0.364. The zero-order valence-electron chi connectivity index (χ0n) is 16.3. The number of rotatable bonds is 6. The number of carbonyl (C=O) groups excluding carboxylic acids is 1. The average Bonchev–Trinajstić information content (AvgIpc) is 3.15. The molecule has 3 aromatic rings. The number of aromatic nitrogens is 2. The molecular formula is C22H27N5O. The van der Waals surface area contributed by atoms with Gasteiger partial charge in [-0.3, -0.25) is 4.79 Å². The topological polar surface area (TPSA) is 64.3 Å². The van der Waals surface area contributed by atoms with Gasteiger partial charge in [-0.2, -0.15) is 0 Å². The van der Waals surface area contributed by atoms with E-state index in [1.165, 1.54) is 10.9 Å². The maximum Gasteiger partial charge on any atom is 0.220 e. The first-order valence-electron chi connectivity index (χ1n) is 9.89. The monoisotopic (exact) mass is 377 g/mol. The summed E-state index contributed by atoms with van der Waals surface area (Å²) in [6, 6.07) is 12.3. The second kappa shape index (κ2) is 8.44. The van der Waals surface area contributed by atoms with Crippen LogP contribution in [0.25, 0.3) is 10.9 Å². The van der Waals surface area contributed by atoms with Gasteiger partial charge in [0.2, 0.25) is 5.91 Å². The van der Waals surface area contributed by atoms with Crippen molar-refractivity contribution in [1.82, 2.24) is 20.2 Å². The molecule has 28 heavy (non-hydrogen) atoms. The molecule has 0 aliphatic carbocycles. The normalized spacial score (nSPS) is 15.1. The molecule has 1 saturated heterocycles. The molecular weight excluding hydrogens is 350 g/mol. The van der Waals surface area contributed by atoms with E-state index < -0.39 is 0 Å². The molecule has 2 N–H and O–H groups in total. The maximum atomic E-state index is 12.2. The molecule has 0 atom stereocenters.